The smallest absolute Gasteiger partial charge is 0.133 e. The molecule has 1 aromatic rings. The maximum absolute atomic E-state index is 4.60. The van der Waals surface area contributed by atoms with Gasteiger partial charge in [-0.2, -0.15) is 0 Å². The Balaban J connectivity index is 3.04. The molecule has 1 rings (SSSR count). The van der Waals surface area contributed by atoms with Crippen molar-refractivity contribution in [3.8, 4) is 0 Å². The van der Waals surface area contributed by atoms with E-state index in [9.17, 15) is 0 Å². The summed E-state index contributed by atoms with van der Waals surface area (Å²) in [6.07, 6.45) is 0. The summed E-state index contributed by atoms with van der Waals surface area (Å²) in [7, 11) is 4.08. The van der Waals surface area contributed by atoms with Gasteiger partial charge >= 0.3 is 0 Å². The summed E-state index contributed by atoms with van der Waals surface area (Å²) < 4.78 is 0. The Morgan fingerprint density at radius 2 is 1.94 bits per heavy atom. The summed E-state index contributed by atoms with van der Waals surface area (Å²) in [4.78, 5) is 6.68. The van der Waals surface area contributed by atoms with E-state index in [4.69, 9.17) is 0 Å². The number of aromatic nitrogens is 1. The van der Waals surface area contributed by atoms with Crippen molar-refractivity contribution in [1.82, 2.24) is 10.3 Å². The van der Waals surface area contributed by atoms with Crippen molar-refractivity contribution < 1.29 is 0 Å². The Morgan fingerprint density at radius 1 is 1.31 bits per heavy atom. The lowest BCUT2D eigenvalue weighted by molar-refractivity contribution is 0.586. The molecule has 0 bridgehead atoms. The molecule has 0 spiro atoms. The van der Waals surface area contributed by atoms with Gasteiger partial charge in [0, 0.05) is 37.9 Å². The summed E-state index contributed by atoms with van der Waals surface area (Å²) in [5, 5.41) is 3.45. The second kappa shape index (κ2) is 5.30. The maximum atomic E-state index is 4.60. The quantitative estimate of drug-likeness (QED) is 0.845. The second-order valence-electron chi connectivity index (χ2n) is 4.81. The highest BCUT2D eigenvalue weighted by Crippen LogP contribution is 2.20. The van der Waals surface area contributed by atoms with Crippen LogP contribution in [-0.2, 0) is 6.54 Å². The fraction of sp³-hybridized carbons (Fsp3) is 0.615. The highest BCUT2D eigenvalue weighted by atomic mass is 15.1. The summed E-state index contributed by atoms with van der Waals surface area (Å²) in [5.41, 5.74) is 3.68. The van der Waals surface area contributed by atoms with Gasteiger partial charge < -0.3 is 10.2 Å². The molecule has 0 atom stereocenters. The van der Waals surface area contributed by atoms with E-state index < -0.39 is 0 Å². The molecule has 0 unspecified atom stereocenters. The summed E-state index contributed by atoms with van der Waals surface area (Å²) in [5.74, 6) is 1.07. The van der Waals surface area contributed by atoms with Gasteiger partial charge in [0.25, 0.3) is 0 Å². The summed E-state index contributed by atoms with van der Waals surface area (Å²) in [6.45, 7) is 9.39. The minimum absolute atomic E-state index is 0.496. The lowest BCUT2D eigenvalue weighted by Crippen LogP contribution is -2.25. The van der Waals surface area contributed by atoms with Crippen LogP contribution in [0.4, 0.5) is 5.82 Å². The molecule has 0 amide bonds. The third kappa shape index (κ3) is 3.20. The van der Waals surface area contributed by atoms with Gasteiger partial charge in [-0.1, -0.05) is 13.8 Å². The predicted molar refractivity (Wildman–Crippen MR) is 70.0 cm³/mol. The van der Waals surface area contributed by atoms with Crippen LogP contribution >= 0.6 is 0 Å². The average molecular weight is 221 g/mol. The molecule has 0 aromatic carbocycles. The second-order valence-corrected chi connectivity index (χ2v) is 4.81. The molecule has 0 aliphatic carbocycles. The van der Waals surface area contributed by atoms with Crippen LogP contribution in [0.25, 0.3) is 0 Å². The number of pyridine rings is 1. The molecule has 0 aliphatic heterocycles. The zero-order valence-corrected chi connectivity index (χ0v) is 11.3. The zero-order chi connectivity index (χ0) is 12.3. The molecule has 1 N–H and O–H groups in total. The molecule has 90 valence electrons. The Bertz CT molecular complexity index is 356. The van der Waals surface area contributed by atoms with Crippen molar-refractivity contribution in [2.45, 2.75) is 40.3 Å². The Kier molecular flexibility index (Phi) is 4.30. The molecule has 0 aliphatic rings. The largest absolute Gasteiger partial charge is 0.362 e. The highest BCUT2D eigenvalue weighted by Gasteiger charge is 2.10. The first-order chi connectivity index (χ1) is 7.41. The van der Waals surface area contributed by atoms with Crippen LogP contribution < -0.4 is 10.2 Å². The van der Waals surface area contributed by atoms with Crippen LogP contribution in [0.15, 0.2) is 6.07 Å². The van der Waals surface area contributed by atoms with Gasteiger partial charge in [0.05, 0.1) is 0 Å². The molecular formula is C13H23N3. The SMILES string of the molecule is Cc1cc(C)c(CNC(C)C)c(N(C)C)n1. The van der Waals surface area contributed by atoms with Crippen molar-refractivity contribution in [1.29, 1.82) is 0 Å². The Morgan fingerprint density at radius 3 is 2.44 bits per heavy atom. The van der Waals surface area contributed by atoms with Gasteiger partial charge in [-0.25, -0.2) is 4.98 Å². The van der Waals surface area contributed by atoms with E-state index in [0.29, 0.717) is 6.04 Å². The van der Waals surface area contributed by atoms with Gasteiger partial charge in [-0.05, 0) is 25.5 Å². The van der Waals surface area contributed by atoms with E-state index in [1.165, 1.54) is 11.1 Å². The van der Waals surface area contributed by atoms with E-state index in [1.807, 2.05) is 21.0 Å². The van der Waals surface area contributed by atoms with Crippen molar-refractivity contribution >= 4 is 5.82 Å². The maximum Gasteiger partial charge on any atom is 0.133 e. The number of aryl methyl sites for hydroxylation is 2. The first-order valence-electron chi connectivity index (χ1n) is 5.79. The zero-order valence-electron chi connectivity index (χ0n) is 11.3. The molecule has 0 fully saturated rings. The van der Waals surface area contributed by atoms with Gasteiger partial charge in [-0.3, -0.25) is 0 Å². The third-order valence-electron chi connectivity index (χ3n) is 2.56. The lowest BCUT2D eigenvalue weighted by atomic mass is 10.1. The topological polar surface area (TPSA) is 28.2 Å². The van der Waals surface area contributed by atoms with Crippen LogP contribution in [0.3, 0.4) is 0 Å². The molecule has 0 saturated carbocycles. The van der Waals surface area contributed by atoms with Gasteiger partial charge in [0.1, 0.15) is 5.82 Å². The number of anilines is 1. The van der Waals surface area contributed by atoms with Crippen molar-refractivity contribution in [2.24, 2.45) is 0 Å². The van der Waals surface area contributed by atoms with E-state index in [2.05, 4.69) is 42.0 Å². The number of nitrogens with one attached hydrogen (secondary N) is 1. The van der Waals surface area contributed by atoms with Crippen molar-refractivity contribution in [3.63, 3.8) is 0 Å². The first kappa shape index (κ1) is 13.0. The van der Waals surface area contributed by atoms with Gasteiger partial charge in [-0.15, -0.1) is 0 Å². The molecule has 16 heavy (non-hydrogen) atoms. The molecular weight excluding hydrogens is 198 g/mol. The van der Waals surface area contributed by atoms with Crippen molar-refractivity contribution in [3.05, 3.63) is 22.9 Å². The monoisotopic (exact) mass is 221 g/mol. The van der Waals surface area contributed by atoms with E-state index in [1.54, 1.807) is 0 Å². The van der Waals surface area contributed by atoms with Crippen molar-refractivity contribution in [2.75, 3.05) is 19.0 Å². The number of rotatable bonds is 4. The first-order valence-corrected chi connectivity index (χ1v) is 5.79. The molecule has 3 heteroatoms. The minimum Gasteiger partial charge on any atom is -0.362 e. The molecule has 0 saturated heterocycles. The van der Waals surface area contributed by atoms with Crippen LogP contribution in [0, 0.1) is 13.8 Å². The fourth-order valence-corrected chi connectivity index (χ4v) is 1.74. The number of hydrogen-bond acceptors (Lipinski definition) is 3. The van der Waals surface area contributed by atoms with Gasteiger partial charge in [0.15, 0.2) is 0 Å². The van der Waals surface area contributed by atoms with Crippen LogP contribution in [0.1, 0.15) is 30.7 Å². The number of hydrogen-bond donors (Lipinski definition) is 1. The summed E-state index contributed by atoms with van der Waals surface area (Å²) in [6, 6.07) is 2.64. The average Bonchev–Trinajstić information content (AvgIpc) is 2.14. The van der Waals surface area contributed by atoms with Crippen LogP contribution in [-0.4, -0.2) is 25.1 Å². The number of nitrogens with zero attached hydrogens (tertiary/aromatic N) is 2. The van der Waals surface area contributed by atoms with Gasteiger partial charge in [0.2, 0.25) is 0 Å². The van der Waals surface area contributed by atoms with E-state index >= 15 is 0 Å². The predicted octanol–water partition coefficient (Wildman–Crippen LogP) is 2.26. The third-order valence-corrected chi connectivity index (χ3v) is 2.56. The molecule has 3 nitrogen and oxygen atoms in total. The minimum atomic E-state index is 0.496. The van der Waals surface area contributed by atoms with E-state index in [0.717, 1.165) is 18.1 Å². The summed E-state index contributed by atoms with van der Waals surface area (Å²) >= 11 is 0. The standard InChI is InChI=1S/C13H23N3/c1-9(2)14-8-12-10(3)7-11(4)15-13(12)16(5)6/h7,9,14H,8H2,1-6H3. The lowest BCUT2D eigenvalue weighted by Gasteiger charge is -2.20. The fourth-order valence-electron chi connectivity index (χ4n) is 1.74. The van der Waals surface area contributed by atoms with E-state index in [-0.39, 0.29) is 0 Å². The normalized spacial score (nSPS) is 10.9. The Hall–Kier alpha value is -1.09. The molecule has 1 heterocycles. The highest BCUT2D eigenvalue weighted by molar-refractivity contribution is 5.50. The molecule has 1 aromatic heterocycles. The Labute approximate surface area is 98.9 Å². The molecule has 0 radical (unpaired) electrons. The van der Waals surface area contributed by atoms with Crippen LogP contribution in [0.5, 0.6) is 0 Å². The van der Waals surface area contributed by atoms with Crippen LogP contribution in [0.2, 0.25) is 0 Å².